The number of hydrogen-bond donors (Lipinski definition) is 0. The number of carboxylic acid groups (broad SMARTS) is 1. The number of ether oxygens (including phenoxy) is 1. The average molecular weight is 397 g/mol. The van der Waals surface area contributed by atoms with Gasteiger partial charge in [0.1, 0.15) is 5.75 Å². The fraction of sp³-hybridized carbons (Fsp3) is 0.158. The standard InChI is InChI=1S/C19H17ClN2O3.Na.H2O/c1-25-17-9-7-16(8-10-17)22-18(13-2-4-14(20)5-3-13)12-15(21-22)6-11-19(23)24;;/h2-5,7-10,12H,6,11H2,1H3,(H,23,24);;1H2/q;+1;/p-1. The minimum atomic E-state index is -1.09. The van der Waals surface area contributed by atoms with E-state index in [2.05, 4.69) is 5.10 Å². The van der Waals surface area contributed by atoms with Gasteiger partial charge in [0.2, 0.25) is 0 Å². The van der Waals surface area contributed by atoms with Gasteiger partial charge in [0.15, 0.2) is 0 Å². The van der Waals surface area contributed by atoms with Crippen molar-refractivity contribution in [1.29, 1.82) is 0 Å². The molecule has 3 rings (SSSR count). The van der Waals surface area contributed by atoms with Gasteiger partial charge in [0.05, 0.1) is 24.2 Å². The Kier molecular flexibility index (Phi) is 9.02. The predicted molar refractivity (Wildman–Crippen MR) is 97.5 cm³/mol. The number of halogens is 1. The third-order valence-corrected chi connectivity index (χ3v) is 4.05. The minimum absolute atomic E-state index is 0. The van der Waals surface area contributed by atoms with Crippen molar-refractivity contribution in [2.45, 2.75) is 12.8 Å². The SMILES string of the molecule is COc1ccc(-n2nc(CCC(=O)[O-])cc2-c2ccc(Cl)cc2)cc1.O.[Na+]. The second-order valence-corrected chi connectivity index (χ2v) is 5.95. The molecule has 0 aliphatic carbocycles. The van der Waals surface area contributed by atoms with Crippen LogP contribution >= 0.6 is 11.6 Å². The van der Waals surface area contributed by atoms with Crippen LogP contribution in [-0.2, 0) is 11.2 Å². The molecule has 6 nitrogen and oxygen atoms in total. The number of carbonyl (C=O) groups is 1. The Morgan fingerprint density at radius 3 is 2.33 bits per heavy atom. The molecule has 0 saturated heterocycles. The van der Waals surface area contributed by atoms with Crippen LogP contribution < -0.4 is 39.4 Å². The Bertz CT molecular complexity index is 880. The van der Waals surface area contributed by atoms with E-state index in [1.807, 2.05) is 54.6 Å². The molecule has 0 saturated carbocycles. The van der Waals surface area contributed by atoms with E-state index >= 15 is 0 Å². The summed E-state index contributed by atoms with van der Waals surface area (Å²) in [4.78, 5) is 10.7. The molecule has 8 heteroatoms. The Balaban J connectivity index is 0.00000182. The largest absolute Gasteiger partial charge is 1.00 e. The summed E-state index contributed by atoms with van der Waals surface area (Å²) < 4.78 is 6.97. The fourth-order valence-corrected chi connectivity index (χ4v) is 2.65. The summed E-state index contributed by atoms with van der Waals surface area (Å²) in [6.07, 6.45) is 0.242. The number of aliphatic carboxylic acids is 1. The summed E-state index contributed by atoms with van der Waals surface area (Å²) in [7, 11) is 1.61. The molecule has 0 fully saturated rings. The molecule has 0 aliphatic heterocycles. The summed E-state index contributed by atoms with van der Waals surface area (Å²) in [5, 5.41) is 15.9. The maximum atomic E-state index is 10.7. The van der Waals surface area contributed by atoms with Crippen LogP contribution in [0.1, 0.15) is 12.1 Å². The third kappa shape index (κ3) is 5.82. The van der Waals surface area contributed by atoms with Crippen LogP contribution in [0.3, 0.4) is 0 Å². The predicted octanol–water partition coefficient (Wildman–Crippen LogP) is -0.937. The quantitative estimate of drug-likeness (QED) is 0.502. The number of nitrogens with zero attached hydrogens (tertiary/aromatic N) is 2. The molecule has 2 aromatic carbocycles. The van der Waals surface area contributed by atoms with Gasteiger partial charge in [0, 0.05) is 16.6 Å². The summed E-state index contributed by atoms with van der Waals surface area (Å²) in [5.41, 5.74) is 3.33. The second-order valence-electron chi connectivity index (χ2n) is 5.51. The number of aryl methyl sites for hydroxylation is 1. The first kappa shape index (κ1) is 23.2. The molecule has 0 aliphatic rings. The number of hydrogen-bond acceptors (Lipinski definition) is 4. The van der Waals surface area contributed by atoms with Crippen molar-refractivity contribution >= 4 is 17.6 Å². The van der Waals surface area contributed by atoms with E-state index in [9.17, 15) is 9.90 Å². The van der Waals surface area contributed by atoms with Gasteiger partial charge >= 0.3 is 29.6 Å². The molecule has 0 radical (unpaired) electrons. The molecule has 2 N–H and O–H groups in total. The van der Waals surface area contributed by atoms with Crippen molar-refractivity contribution in [3.8, 4) is 22.7 Å². The molecule has 27 heavy (non-hydrogen) atoms. The monoisotopic (exact) mass is 396 g/mol. The molecule has 1 aromatic heterocycles. The number of benzene rings is 2. The molecule has 0 bridgehead atoms. The van der Waals surface area contributed by atoms with Crippen molar-refractivity contribution in [2.75, 3.05) is 7.11 Å². The maximum Gasteiger partial charge on any atom is 1.00 e. The normalized spacial score (nSPS) is 9.85. The molecular weight excluding hydrogens is 379 g/mol. The van der Waals surface area contributed by atoms with Gasteiger partial charge in [-0.15, -0.1) is 0 Å². The van der Waals surface area contributed by atoms with Crippen LogP contribution in [0.25, 0.3) is 16.9 Å². The van der Waals surface area contributed by atoms with Crippen LogP contribution in [0.5, 0.6) is 5.75 Å². The van der Waals surface area contributed by atoms with E-state index in [0.29, 0.717) is 17.1 Å². The van der Waals surface area contributed by atoms with Gasteiger partial charge in [-0.25, -0.2) is 4.68 Å². The first-order valence-corrected chi connectivity index (χ1v) is 8.14. The number of aromatic nitrogens is 2. The van der Waals surface area contributed by atoms with Crippen molar-refractivity contribution in [2.24, 2.45) is 0 Å². The van der Waals surface area contributed by atoms with Crippen molar-refractivity contribution in [3.05, 3.63) is 65.3 Å². The molecule has 3 aromatic rings. The molecular formula is C19H18ClN2NaO4. The van der Waals surface area contributed by atoms with Crippen LogP contribution in [-0.4, -0.2) is 28.3 Å². The minimum Gasteiger partial charge on any atom is -0.550 e. The van der Waals surface area contributed by atoms with Crippen LogP contribution in [0.2, 0.25) is 5.02 Å². The number of carboxylic acids is 1. The molecule has 0 spiro atoms. The van der Waals surface area contributed by atoms with Gasteiger partial charge in [-0.3, -0.25) is 0 Å². The first-order chi connectivity index (χ1) is 12.1. The van der Waals surface area contributed by atoms with Crippen molar-refractivity contribution in [1.82, 2.24) is 9.78 Å². The number of rotatable bonds is 6. The van der Waals surface area contributed by atoms with Crippen molar-refractivity contribution in [3.63, 3.8) is 0 Å². The Hall–Kier alpha value is -1.83. The van der Waals surface area contributed by atoms with E-state index in [4.69, 9.17) is 16.3 Å². The zero-order chi connectivity index (χ0) is 17.8. The van der Waals surface area contributed by atoms with Gasteiger partial charge in [-0.05, 0) is 55.3 Å². The number of carbonyl (C=O) groups excluding carboxylic acids is 1. The third-order valence-electron chi connectivity index (χ3n) is 3.80. The number of methoxy groups -OCH3 is 1. The Morgan fingerprint density at radius 2 is 1.78 bits per heavy atom. The average Bonchev–Trinajstić information content (AvgIpc) is 3.05. The summed E-state index contributed by atoms with van der Waals surface area (Å²) in [5.74, 6) is -0.340. The van der Waals surface area contributed by atoms with E-state index in [1.165, 1.54) is 0 Å². The van der Waals surface area contributed by atoms with Crippen LogP contribution in [0.15, 0.2) is 54.6 Å². The Labute approximate surface area is 184 Å². The van der Waals surface area contributed by atoms with Gasteiger partial charge < -0.3 is 20.1 Å². The molecule has 0 atom stereocenters. The zero-order valence-electron chi connectivity index (χ0n) is 15.1. The molecule has 1 heterocycles. The second kappa shape index (κ2) is 10.5. The van der Waals surface area contributed by atoms with E-state index < -0.39 is 5.97 Å². The smallest absolute Gasteiger partial charge is 0.550 e. The fourth-order valence-electron chi connectivity index (χ4n) is 2.53. The molecule has 136 valence electrons. The van der Waals surface area contributed by atoms with Crippen LogP contribution in [0.4, 0.5) is 0 Å². The molecule has 0 amide bonds. The van der Waals surface area contributed by atoms with E-state index in [1.54, 1.807) is 11.8 Å². The summed E-state index contributed by atoms with van der Waals surface area (Å²) in [6.45, 7) is 0. The summed E-state index contributed by atoms with van der Waals surface area (Å²) in [6, 6.07) is 16.8. The summed E-state index contributed by atoms with van der Waals surface area (Å²) >= 11 is 5.97. The van der Waals surface area contributed by atoms with E-state index in [0.717, 1.165) is 22.7 Å². The van der Waals surface area contributed by atoms with Gasteiger partial charge in [0.25, 0.3) is 0 Å². The van der Waals surface area contributed by atoms with E-state index in [-0.39, 0.29) is 41.5 Å². The Morgan fingerprint density at radius 1 is 1.15 bits per heavy atom. The van der Waals surface area contributed by atoms with Crippen LogP contribution in [0, 0.1) is 0 Å². The topological polar surface area (TPSA) is 98.7 Å². The zero-order valence-corrected chi connectivity index (χ0v) is 17.9. The maximum absolute atomic E-state index is 10.7. The molecule has 0 unspecified atom stereocenters. The van der Waals surface area contributed by atoms with Gasteiger partial charge in [-0.2, -0.15) is 5.10 Å². The van der Waals surface area contributed by atoms with Crippen molar-refractivity contribution < 1.29 is 49.7 Å². The first-order valence-electron chi connectivity index (χ1n) is 7.76. The van der Waals surface area contributed by atoms with Gasteiger partial charge in [-0.1, -0.05) is 23.7 Å².